The molecule has 90 valence electrons. The van der Waals surface area contributed by atoms with Crippen molar-refractivity contribution in [2.75, 3.05) is 26.7 Å². The first kappa shape index (κ1) is 13.2. The molecule has 0 aliphatic carbocycles. The van der Waals surface area contributed by atoms with Gasteiger partial charge in [0, 0.05) is 4.88 Å². The van der Waals surface area contributed by atoms with Crippen LogP contribution in [0, 0.1) is 0 Å². The van der Waals surface area contributed by atoms with Crippen LogP contribution in [0.4, 0.5) is 0 Å². The Bertz CT molecular complexity index is 300. The van der Waals surface area contributed by atoms with Gasteiger partial charge in [0.1, 0.15) is 0 Å². The number of nitrogens with two attached hydrogens (primary N) is 1. The molecule has 5 heteroatoms. The lowest BCUT2D eigenvalue weighted by Gasteiger charge is -2.15. The van der Waals surface area contributed by atoms with Crippen LogP contribution in [0.15, 0.2) is 17.5 Å². The molecule has 0 fully saturated rings. The van der Waals surface area contributed by atoms with E-state index in [1.807, 2.05) is 29.5 Å². The molecule has 1 amide bonds. The average molecular weight is 241 g/mol. The molecule has 0 aliphatic heterocycles. The van der Waals surface area contributed by atoms with E-state index < -0.39 is 0 Å². The number of nitrogens with one attached hydrogen (secondary N) is 1. The number of likely N-dealkylation sites (N-methyl/N-ethyl adjacent to an activating group) is 1. The van der Waals surface area contributed by atoms with Crippen LogP contribution in [0.2, 0.25) is 0 Å². The lowest BCUT2D eigenvalue weighted by molar-refractivity contribution is -0.122. The van der Waals surface area contributed by atoms with Crippen LogP contribution >= 0.6 is 11.3 Å². The molecule has 1 rings (SSSR count). The second-order valence-electron chi connectivity index (χ2n) is 3.74. The molecule has 0 bridgehead atoms. The summed E-state index contributed by atoms with van der Waals surface area (Å²) in [7, 11) is 1.93. The standard InChI is InChI=1S/C11H19N3OS/c1-14(6-3-5-12)9-11(15)13-8-10-4-2-7-16-10/h2,4,7H,3,5-6,8-9,12H2,1H3,(H,13,15). The van der Waals surface area contributed by atoms with Crippen molar-refractivity contribution in [2.45, 2.75) is 13.0 Å². The summed E-state index contributed by atoms with van der Waals surface area (Å²) in [4.78, 5) is 14.7. The zero-order valence-corrected chi connectivity index (χ0v) is 10.4. The van der Waals surface area contributed by atoms with Crippen molar-refractivity contribution in [3.63, 3.8) is 0 Å². The number of hydrogen-bond donors (Lipinski definition) is 2. The topological polar surface area (TPSA) is 58.4 Å². The van der Waals surface area contributed by atoms with E-state index in [2.05, 4.69) is 5.32 Å². The summed E-state index contributed by atoms with van der Waals surface area (Å²) >= 11 is 1.65. The van der Waals surface area contributed by atoms with Gasteiger partial charge in [0.15, 0.2) is 0 Å². The second kappa shape index (κ2) is 7.38. The Kier molecular flexibility index (Phi) is 6.07. The molecule has 3 N–H and O–H groups in total. The molecule has 0 spiro atoms. The number of rotatable bonds is 7. The Balaban J connectivity index is 2.15. The minimum atomic E-state index is 0.0629. The van der Waals surface area contributed by atoms with Gasteiger partial charge >= 0.3 is 0 Å². The van der Waals surface area contributed by atoms with Gasteiger partial charge in [-0.25, -0.2) is 0 Å². The van der Waals surface area contributed by atoms with Crippen LogP contribution in [0.1, 0.15) is 11.3 Å². The molecule has 0 saturated carbocycles. The highest BCUT2D eigenvalue weighted by Crippen LogP contribution is 2.07. The molecule has 0 aromatic carbocycles. The van der Waals surface area contributed by atoms with Gasteiger partial charge in [-0.2, -0.15) is 0 Å². The maximum atomic E-state index is 11.5. The zero-order chi connectivity index (χ0) is 11.8. The normalized spacial score (nSPS) is 10.7. The van der Waals surface area contributed by atoms with E-state index >= 15 is 0 Å². The highest BCUT2D eigenvalue weighted by molar-refractivity contribution is 7.09. The average Bonchev–Trinajstić information content (AvgIpc) is 2.76. The van der Waals surface area contributed by atoms with Crippen molar-refractivity contribution in [1.82, 2.24) is 10.2 Å². The lowest BCUT2D eigenvalue weighted by Crippen LogP contribution is -2.35. The fraction of sp³-hybridized carbons (Fsp3) is 0.545. The third-order valence-electron chi connectivity index (χ3n) is 2.20. The molecule has 1 heterocycles. The van der Waals surface area contributed by atoms with Gasteiger partial charge in [-0.05, 0) is 38.0 Å². The van der Waals surface area contributed by atoms with Crippen molar-refractivity contribution in [3.05, 3.63) is 22.4 Å². The summed E-state index contributed by atoms with van der Waals surface area (Å²) in [5, 5.41) is 4.90. The summed E-state index contributed by atoms with van der Waals surface area (Å²) in [6.45, 7) is 2.59. The molecule has 16 heavy (non-hydrogen) atoms. The van der Waals surface area contributed by atoms with E-state index in [0.29, 0.717) is 19.6 Å². The maximum Gasteiger partial charge on any atom is 0.234 e. The summed E-state index contributed by atoms with van der Waals surface area (Å²) in [6.07, 6.45) is 0.925. The third kappa shape index (κ3) is 5.25. The Morgan fingerprint density at radius 3 is 3.06 bits per heavy atom. The minimum Gasteiger partial charge on any atom is -0.350 e. The summed E-state index contributed by atoms with van der Waals surface area (Å²) in [5.74, 6) is 0.0629. The van der Waals surface area contributed by atoms with Crippen molar-refractivity contribution < 1.29 is 4.79 Å². The second-order valence-corrected chi connectivity index (χ2v) is 4.77. The van der Waals surface area contributed by atoms with Gasteiger partial charge in [0.2, 0.25) is 5.91 Å². The number of amides is 1. The largest absolute Gasteiger partial charge is 0.350 e. The van der Waals surface area contributed by atoms with E-state index in [0.717, 1.165) is 13.0 Å². The lowest BCUT2D eigenvalue weighted by atomic mass is 10.4. The number of carbonyl (C=O) groups is 1. The molecule has 0 radical (unpaired) electrons. The predicted octanol–water partition coefficient (Wildman–Crippen LogP) is 0.645. The highest BCUT2D eigenvalue weighted by Gasteiger charge is 2.05. The van der Waals surface area contributed by atoms with Crippen molar-refractivity contribution in [3.8, 4) is 0 Å². The van der Waals surface area contributed by atoms with Gasteiger partial charge in [-0.3, -0.25) is 9.69 Å². The molecule has 0 aliphatic rings. The van der Waals surface area contributed by atoms with Gasteiger partial charge in [0.25, 0.3) is 0 Å². The van der Waals surface area contributed by atoms with Crippen LogP contribution < -0.4 is 11.1 Å². The fourth-order valence-corrected chi connectivity index (χ4v) is 1.98. The van der Waals surface area contributed by atoms with E-state index in [4.69, 9.17) is 5.73 Å². The Morgan fingerprint density at radius 1 is 1.62 bits per heavy atom. The quantitative estimate of drug-likeness (QED) is 0.737. The predicted molar refractivity (Wildman–Crippen MR) is 67.3 cm³/mol. The van der Waals surface area contributed by atoms with E-state index in [9.17, 15) is 4.79 Å². The van der Waals surface area contributed by atoms with Crippen LogP contribution in [-0.4, -0.2) is 37.5 Å². The monoisotopic (exact) mass is 241 g/mol. The number of thiophene rings is 1. The molecular weight excluding hydrogens is 222 g/mol. The van der Waals surface area contributed by atoms with Crippen LogP contribution in [0.5, 0.6) is 0 Å². The number of hydrogen-bond acceptors (Lipinski definition) is 4. The summed E-state index contributed by atoms with van der Waals surface area (Å²) < 4.78 is 0. The molecule has 0 atom stereocenters. The highest BCUT2D eigenvalue weighted by atomic mass is 32.1. The first-order valence-electron chi connectivity index (χ1n) is 5.40. The Morgan fingerprint density at radius 2 is 2.44 bits per heavy atom. The molecule has 1 aromatic rings. The van der Waals surface area contributed by atoms with Crippen LogP contribution in [0.25, 0.3) is 0 Å². The van der Waals surface area contributed by atoms with Gasteiger partial charge in [-0.1, -0.05) is 6.07 Å². The molecule has 0 unspecified atom stereocenters. The van der Waals surface area contributed by atoms with Gasteiger partial charge in [-0.15, -0.1) is 11.3 Å². The smallest absolute Gasteiger partial charge is 0.234 e. The Hall–Kier alpha value is -0.910. The SMILES string of the molecule is CN(CCCN)CC(=O)NCc1cccs1. The van der Waals surface area contributed by atoms with E-state index in [1.165, 1.54) is 4.88 Å². The van der Waals surface area contributed by atoms with E-state index in [1.54, 1.807) is 11.3 Å². The van der Waals surface area contributed by atoms with Crippen molar-refractivity contribution in [2.24, 2.45) is 5.73 Å². The minimum absolute atomic E-state index is 0.0629. The first-order chi connectivity index (χ1) is 7.72. The Labute approximate surface area is 100 Å². The maximum absolute atomic E-state index is 11.5. The fourth-order valence-electron chi connectivity index (χ4n) is 1.34. The van der Waals surface area contributed by atoms with Crippen molar-refractivity contribution >= 4 is 17.2 Å². The summed E-state index contributed by atoms with van der Waals surface area (Å²) in [6, 6.07) is 4.00. The van der Waals surface area contributed by atoms with Gasteiger partial charge in [0.05, 0.1) is 13.1 Å². The van der Waals surface area contributed by atoms with Crippen LogP contribution in [-0.2, 0) is 11.3 Å². The van der Waals surface area contributed by atoms with Gasteiger partial charge < -0.3 is 11.1 Å². The molecule has 4 nitrogen and oxygen atoms in total. The van der Waals surface area contributed by atoms with E-state index in [-0.39, 0.29) is 5.91 Å². The molecule has 1 aromatic heterocycles. The van der Waals surface area contributed by atoms with Crippen LogP contribution in [0.3, 0.4) is 0 Å². The third-order valence-corrected chi connectivity index (χ3v) is 3.07. The molecule has 0 saturated heterocycles. The zero-order valence-electron chi connectivity index (χ0n) is 9.61. The number of carbonyl (C=O) groups excluding carboxylic acids is 1. The van der Waals surface area contributed by atoms with Crippen molar-refractivity contribution in [1.29, 1.82) is 0 Å². The molecular formula is C11H19N3OS. The number of nitrogens with zero attached hydrogens (tertiary/aromatic N) is 1. The summed E-state index contributed by atoms with van der Waals surface area (Å²) in [5.41, 5.74) is 5.40. The first-order valence-corrected chi connectivity index (χ1v) is 6.28.